The standard InChI is InChI=1S/C25H20N2O4/c1-17-22(24(28)27(26-17)20-9-4-3-5-10-20)16-19-8-6-7-11-23(19)31-25(29)18-12-14-21(30-2)15-13-18/h3-16H,1-2H3/b22-16-. The van der Waals surface area contributed by atoms with E-state index in [1.807, 2.05) is 36.4 Å². The van der Waals surface area contributed by atoms with Gasteiger partial charge in [0.25, 0.3) is 5.91 Å². The molecule has 0 unspecified atom stereocenters. The maximum absolute atomic E-state index is 13.0. The van der Waals surface area contributed by atoms with Crippen LogP contribution in [0, 0.1) is 0 Å². The average Bonchev–Trinajstić information content (AvgIpc) is 3.09. The number of carbonyl (C=O) groups excluding carboxylic acids is 2. The molecule has 3 aromatic rings. The quantitative estimate of drug-likeness (QED) is 0.345. The Labute approximate surface area is 180 Å². The van der Waals surface area contributed by atoms with Crippen LogP contribution in [0.15, 0.2) is 89.5 Å². The topological polar surface area (TPSA) is 68.2 Å². The Balaban J connectivity index is 1.60. The van der Waals surface area contributed by atoms with Crippen LogP contribution in [0.1, 0.15) is 22.8 Å². The number of rotatable bonds is 5. The molecule has 0 bridgehead atoms. The van der Waals surface area contributed by atoms with Gasteiger partial charge in [0.2, 0.25) is 0 Å². The first-order valence-electron chi connectivity index (χ1n) is 9.69. The fourth-order valence-corrected chi connectivity index (χ4v) is 3.16. The highest BCUT2D eigenvalue weighted by Crippen LogP contribution is 2.28. The summed E-state index contributed by atoms with van der Waals surface area (Å²) in [5, 5.41) is 5.75. The van der Waals surface area contributed by atoms with Crippen molar-refractivity contribution in [3.8, 4) is 11.5 Å². The average molecular weight is 412 g/mol. The molecule has 0 saturated heterocycles. The Hall–Kier alpha value is -4.19. The number of methoxy groups -OCH3 is 1. The minimum absolute atomic E-state index is 0.236. The number of para-hydroxylation sites is 2. The molecule has 31 heavy (non-hydrogen) atoms. The molecule has 0 aliphatic carbocycles. The van der Waals surface area contributed by atoms with Crippen molar-refractivity contribution in [3.05, 3.63) is 95.6 Å². The van der Waals surface area contributed by atoms with Gasteiger partial charge in [0, 0.05) is 5.56 Å². The summed E-state index contributed by atoms with van der Waals surface area (Å²) in [7, 11) is 1.56. The Kier molecular flexibility index (Phi) is 5.62. The number of carbonyl (C=O) groups is 2. The molecule has 6 heteroatoms. The first-order chi connectivity index (χ1) is 15.1. The maximum atomic E-state index is 13.0. The van der Waals surface area contributed by atoms with E-state index in [1.54, 1.807) is 62.6 Å². The van der Waals surface area contributed by atoms with Crippen molar-refractivity contribution in [2.24, 2.45) is 5.10 Å². The van der Waals surface area contributed by atoms with E-state index in [4.69, 9.17) is 9.47 Å². The fraction of sp³-hybridized carbons (Fsp3) is 0.0800. The highest BCUT2D eigenvalue weighted by molar-refractivity contribution is 6.32. The second-order valence-electron chi connectivity index (χ2n) is 6.85. The summed E-state index contributed by atoms with van der Waals surface area (Å²) in [6.07, 6.45) is 1.70. The lowest BCUT2D eigenvalue weighted by molar-refractivity contribution is -0.114. The van der Waals surface area contributed by atoms with Crippen molar-refractivity contribution in [1.29, 1.82) is 0 Å². The second-order valence-corrected chi connectivity index (χ2v) is 6.85. The zero-order valence-electron chi connectivity index (χ0n) is 17.1. The molecule has 0 fully saturated rings. The highest BCUT2D eigenvalue weighted by Gasteiger charge is 2.29. The minimum atomic E-state index is -0.498. The van der Waals surface area contributed by atoms with Gasteiger partial charge in [-0.05, 0) is 55.5 Å². The zero-order valence-corrected chi connectivity index (χ0v) is 17.1. The molecular formula is C25H20N2O4. The van der Waals surface area contributed by atoms with E-state index in [-0.39, 0.29) is 5.91 Å². The lowest BCUT2D eigenvalue weighted by Gasteiger charge is -2.11. The Morgan fingerprint density at radius 1 is 0.935 bits per heavy atom. The monoisotopic (exact) mass is 412 g/mol. The van der Waals surface area contributed by atoms with Gasteiger partial charge in [-0.2, -0.15) is 10.1 Å². The Morgan fingerprint density at radius 2 is 1.61 bits per heavy atom. The molecule has 0 saturated carbocycles. The largest absolute Gasteiger partial charge is 0.497 e. The predicted molar refractivity (Wildman–Crippen MR) is 119 cm³/mol. The molecule has 4 rings (SSSR count). The lowest BCUT2D eigenvalue weighted by atomic mass is 10.1. The molecule has 0 radical (unpaired) electrons. The maximum Gasteiger partial charge on any atom is 0.343 e. The molecule has 6 nitrogen and oxygen atoms in total. The summed E-state index contributed by atoms with van der Waals surface area (Å²) < 4.78 is 10.7. The van der Waals surface area contributed by atoms with E-state index in [0.29, 0.717) is 39.6 Å². The first kappa shape index (κ1) is 20.1. The van der Waals surface area contributed by atoms with Crippen molar-refractivity contribution in [1.82, 2.24) is 0 Å². The number of hydrogen-bond acceptors (Lipinski definition) is 5. The van der Waals surface area contributed by atoms with Crippen molar-refractivity contribution in [2.45, 2.75) is 6.92 Å². The number of esters is 1. The van der Waals surface area contributed by atoms with Crippen molar-refractivity contribution in [3.63, 3.8) is 0 Å². The molecule has 0 N–H and O–H groups in total. The molecule has 0 aromatic heterocycles. The molecule has 1 aliphatic heterocycles. The highest BCUT2D eigenvalue weighted by atomic mass is 16.5. The Morgan fingerprint density at radius 3 is 2.32 bits per heavy atom. The first-order valence-corrected chi connectivity index (χ1v) is 9.69. The van der Waals surface area contributed by atoms with Crippen molar-refractivity contribution >= 4 is 29.4 Å². The number of hydrazone groups is 1. The molecular weight excluding hydrogens is 392 g/mol. The fourth-order valence-electron chi connectivity index (χ4n) is 3.16. The molecule has 1 amide bonds. The third kappa shape index (κ3) is 4.23. The number of anilines is 1. The smallest absolute Gasteiger partial charge is 0.343 e. The van der Waals surface area contributed by atoms with Crippen LogP contribution in [-0.2, 0) is 4.79 Å². The van der Waals surface area contributed by atoms with Gasteiger partial charge < -0.3 is 9.47 Å². The molecule has 154 valence electrons. The van der Waals surface area contributed by atoms with Gasteiger partial charge in [-0.25, -0.2) is 4.79 Å². The third-order valence-corrected chi connectivity index (χ3v) is 4.81. The SMILES string of the molecule is COc1ccc(C(=O)Oc2ccccc2/C=C2\C(=O)N(c3ccccc3)N=C2C)cc1. The van der Waals surface area contributed by atoms with E-state index < -0.39 is 5.97 Å². The molecule has 3 aromatic carbocycles. The summed E-state index contributed by atoms with van der Waals surface area (Å²) in [6, 6.07) is 22.9. The van der Waals surface area contributed by atoms with E-state index >= 15 is 0 Å². The Bertz CT molecular complexity index is 1180. The van der Waals surface area contributed by atoms with Crippen LogP contribution in [0.4, 0.5) is 5.69 Å². The van der Waals surface area contributed by atoms with E-state index in [0.717, 1.165) is 0 Å². The number of hydrogen-bond donors (Lipinski definition) is 0. The van der Waals surface area contributed by atoms with Crippen LogP contribution in [0.25, 0.3) is 6.08 Å². The van der Waals surface area contributed by atoms with Crippen LogP contribution in [0.5, 0.6) is 11.5 Å². The predicted octanol–water partition coefficient (Wildman–Crippen LogP) is 4.72. The summed E-state index contributed by atoms with van der Waals surface area (Å²) in [5.41, 5.74) is 2.72. The molecule has 1 aliphatic rings. The normalized spacial score (nSPS) is 14.5. The molecule has 1 heterocycles. The summed E-state index contributed by atoms with van der Waals surface area (Å²) >= 11 is 0. The summed E-state index contributed by atoms with van der Waals surface area (Å²) in [4.78, 5) is 25.5. The van der Waals surface area contributed by atoms with Gasteiger partial charge in [0.1, 0.15) is 11.5 Å². The minimum Gasteiger partial charge on any atom is -0.497 e. The van der Waals surface area contributed by atoms with Crippen LogP contribution < -0.4 is 14.5 Å². The van der Waals surface area contributed by atoms with Gasteiger partial charge in [0.15, 0.2) is 0 Å². The van der Waals surface area contributed by atoms with E-state index in [1.165, 1.54) is 5.01 Å². The van der Waals surface area contributed by atoms with Gasteiger partial charge in [-0.15, -0.1) is 0 Å². The van der Waals surface area contributed by atoms with Crippen LogP contribution in [-0.4, -0.2) is 24.7 Å². The van der Waals surface area contributed by atoms with E-state index in [2.05, 4.69) is 5.10 Å². The number of amides is 1. The summed E-state index contributed by atoms with van der Waals surface area (Å²) in [6.45, 7) is 1.78. The van der Waals surface area contributed by atoms with Crippen LogP contribution in [0.2, 0.25) is 0 Å². The van der Waals surface area contributed by atoms with Gasteiger partial charge >= 0.3 is 5.97 Å². The molecule has 0 spiro atoms. The second kappa shape index (κ2) is 8.67. The number of nitrogens with zero attached hydrogens (tertiary/aromatic N) is 2. The zero-order chi connectivity index (χ0) is 21.8. The lowest BCUT2D eigenvalue weighted by Crippen LogP contribution is -2.21. The molecule has 0 atom stereocenters. The van der Waals surface area contributed by atoms with Gasteiger partial charge in [0.05, 0.1) is 29.6 Å². The number of benzene rings is 3. The van der Waals surface area contributed by atoms with Crippen LogP contribution >= 0.6 is 0 Å². The van der Waals surface area contributed by atoms with Crippen molar-refractivity contribution in [2.75, 3.05) is 12.1 Å². The third-order valence-electron chi connectivity index (χ3n) is 4.81. The summed E-state index contributed by atoms with van der Waals surface area (Å²) in [5.74, 6) is 0.274. The number of ether oxygens (including phenoxy) is 2. The van der Waals surface area contributed by atoms with Gasteiger partial charge in [-0.1, -0.05) is 36.4 Å². The van der Waals surface area contributed by atoms with E-state index in [9.17, 15) is 9.59 Å². The van der Waals surface area contributed by atoms with Crippen LogP contribution in [0.3, 0.4) is 0 Å². The van der Waals surface area contributed by atoms with Gasteiger partial charge in [-0.3, -0.25) is 4.79 Å². The van der Waals surface area contributed by atoms with Crippen molar-refractivity contribution < 1.29 is 19.1 Å².